The number of nitrogens with two attached hydrogens (primary N) is 1. The van der Waals surface area contributed by atoms with Gasteiger partial charge in [-0.3, -0.25) is 4.79 Å². The molecule has 0 aromatic heterocycles. The molecule has 1 aliphatic rings. The molecule has 0 spiro atoms. The van der Waals surface area contributed by atoms with Crippen molar-refractivity contribution in [1.82, 2.24) is 0 Å². The molecule has 0 radical (unpaired) electrons. The lowest BCUT2D eigenvalue weighted by atomic mass is 9.81. The fraction of sp³-hybridized carbons (Fsp3) is 0.417. The monoisotopic (exact) mass is 223 g/mol. The van der Waals surface area contributed by atoms with E-state index in [-0.39, 0.29) is 5.78 Å². The summed E-state index contributed by atoms with van der Waals surface area (Å²) in [7, 11) is 0. The van der Waals surface area contributed by atoms with Crippen LogP contribution in [-0.2, 0) is 0 Å². The number of anilines is 1. The highest BCUT2D eigenvalue weighted by atomic mass is 35.5. The van der Waals surface area contributed by atoms with E-state index in [1.807, 2.05) is 0 Å². The summed E-state index contributed by atoms with van der Waals surface area (Å²) in [6, 6.07) is 5.11. The summed E-state index contributed by atoms with van der Waals surface area (Å²) in [5.41, 5.74) is 6.79. The predicted molar refractivity (Wildman–Crippen MR) is 62.2 cm³/mol. The minimum absolute atomic E-state index is 0.182. The molecule has 2 N–H and O–H groups in total. The van der Waals surface area contributed by atoms with Gasteiger partial charge in [0, 0.05) is 12.0 Å². The van der Waals surface area contributed by atoms with Crippen LogP contribution in [-0.4, -0.2) is 5.78 Å². The van der Waals surface area contributed by atoms with Gasteiger partial charge in [-0.15, -0.1) is 0 Å². The fourth-order valence-electron chi connectivity index (χ4n) is 1.78. The number of carbonyl (C=O) groups is 1. The van der Waals surface area contributed by atoms with Gasteiger partial charge >= 0.3 is 0 Å². The molecule has 2 nitrogen and oxygen atoms in total. The zero-order chi connectivity index (χ0) is 10.8. The summed E-state index contributed by atoms with van der Waals surface area (Å²) in [4.78, 5) is 11.8. The first kappa shape index (κ1) is 10.5. The molecular formula is C12H14ClNO. The van der Waals surface area contributed by atoms with E-state index in [9.17, 15) is 4.79 Å². The van der Waals surface area contributed by atoms with Crippen molar-refractivity contribution in [3.8, 4) is 0 Å². The van der Waals surface area contributed by atoms with E-state index in [4.69, 9.17) is 17.3 Å². The summed E-state index contributed by atoms with van der Waals surface area (Å²) in [5, 5.41) is 0.467. The zero-order valence-electron chi connectivity index (χ0n) is 8.50. The number of rotatable bonds is 3. The minimum Gasteiger partial charge on any atom is -0.398 e. The van der Waals surface area contributed by atoms with Gasteiger partial charge in [0.25, 0.3) is 0 Å². The fourth-order valence-corrected chi connectivity index (χ4v) is 1.96. The normalized spacial score (nSPS) is 16.1. The Morgan fingerprint density at radius 2 is 2.20 bits per heavy atom. The van der Waals surface area contributed by atoms with Gasteiger partial charge in [0.05, 0.1) is 10.7 Å². The zero-order valence-corrected chi connectivity index (χ0v) is 9.26. The van der Waals surface area contributed by atoms with Gasteiger partial charge in [-0.2, -0.15) is 0 Å². The van der Waals surface area contributed by atoms with Crippen molar-refractivity contribution in [1.29, 1.82) is 0 Å². The topological polar surface area (TPSA) is 43.1 Å². The number of ketones is 1. The molecule has 0 bridgehead atoms. The van der Waals surface area contributed by atoms with E-state index in [1.165, 1.54) is 19.3 Å². The number of halogens is 1. The van der Waals surface area contributed by atoms with Crippen LogP contribution in [0.25, 0.3) is 0 Å². The van der Waals surface area contributed by atoms with Crippen LogP contribution >= 0.6 is 11.6 Å². The third kappa shape index (κ3) is 2.32. The van der Waals surface area contributed by atoms with Gasteiger partial charge in [0.1, 0.15) is 0 Å². The lowest BCUT2D eigenvalue weighted by Gasteiger charge is -2.24. The highest BCUT2D eigenvalue weighted by Gasteiger charge is 2.21. The Labute approximate surface area is 94.4 Å². The average Bonchev–Trinajstić information content (AvgIpc) is 2.15. The highest BCUT2D eigenvalue weighted by Crippen LogP contribution is 2.31. The van der Waals surface area contributed by atoms with E-state index < -0.39 is 0 Å². The Bertz CT molecular complexity index is 385. The average molecular weight is 224 g/mol. The Balaban J connectivity index is 2.07. The van der Waals surface area contributed by atoms with Crippen LogP contribution in [0.15, 0.2) is 18.2 Å². The maximum atomic E-state index is 11.8. The van der Waals surface area contributed by atoms with Crippen molar-refractivity contribution < 1.29 is 4.79 Å². The molecule has 15 heavy (non-hydrogen) atoms. The molecule has 3 heteroatoms. The molecule has 0 aliphatic heterocycles. The van der Waals surface area contributed by atoms with Crippen molar-refractivity contribution in [2.24, 2.45) is 5.92 Å². The van der Waals surface area contributed by atoms with Crippen LogP contribution in [0.3, 0.4) is 0 Å². The summed E-state index contributed by atoms with van der Waals surface area (Å²) in [6.45, 7) is 0. The molecule has 1 aromatic rings. The Morgan fingerprint density at radius 1 is 1.47 bits per heavy atom. The van der Waals surface area contributed by atoms with Crippen LogP contribution in [0.1, 0.15) is 36.0 Å². The minimum atomic E-state index is 0.182. The Morgan fingerprint density at radius 3 is 2.73 bits per heavy atom. The summed E-state index contributed by atoms with van der Waals surface area (Å²) < 4.78 is 0. The SMILES string of the molecule is Nc1ccc(C(=O)CC2CCC2)cc1Cl. The molecule has 2 rings (SSSR count). The smallest absolute Gasteiger partial charge is 0.163 e. The molecule has 80 valence electrons. The van der Waals surface area contributed by atoms with Crippen LogP contribution in [0.2, 0.25) is 5.02 Å². The largest absolute Gasteiger partial charge is 0.398 e. The summed E-state index contributed by atoms with van der Waals surface area (Å²) in [5.74, 6) is 0.774. The van der Waals surface area contributed by atoms with Crippen molar-refractivity contribution in [3.63, 3.8) is 0 Å². The van der Waals surface area contributed by atoms with Gasteiger partial charge in [0.15, 0.2) is 5.78 Å². The van der Waals surface area contributed by atoms with Crippen molar-refractivity contribution >= 4 is 23.1 Å². The van der Waals surface area contributed by atoms with Crippen molar-refractivity contribution in [3.05, 3.63) is 28.8 Å². The standard InChI is InChI=1S/C12H14ClNO/c13-10-7-9(4-5-11(10)14)12(15)6-8-2-1-3-8/h4-5,7-8H,1-3,6,14H2. The summed E-state index contributed by atoms with van der Waals surface area (Å²) in [6.07, 6.45) is 4.30. The van der Waals surface area contributed by atoms with E-state index >= 15 is 0 Å². The van der Waals surface area contributed by atoms with Gasteiger partial charge in [-0.1, -0.05) is 30.9 Å². The molecule has 0 atom stereocenters. The number of hydrogen-bond donors (Lipinski definition) is 1. The Hall–Kier alpha value is -1.02. The molecule has 0 unspecified atom stereocenters. The van der Waals surface area contributed by atoms with Gasteiger partial charge in [-0.25, -0.2) is 0 Å². The number of hydrogen-bond acceptors (Lipinski definition) is 2. The lowest BCUT2D eigenvalue weighted by Crippen LogP contribution is -2.15. The predicted octanol–water partition coefficient (Wildman–Crippen LogP) is 3.30. The molecule has 1 aliphatic carbocycles. The molecule has 1 aromatic carbocycles. The van der Waals surface area contributed by atoms with Crippen LogP contribution in [0.4, 0.5) is 5.69 Å². The van der Waals surface area contributed by atoms with Gasteiger partial charge in [-0.05, 0) is 24.1 Å². The van der Waals surface area contributed by atoms with Crippen molar-refractivity contribution in [2.75, 3.05) is 5.73 Å². The number of benzene rings is 1. The van der Waals surface area contributed by atoms with Crippen LogP contribution < -0.4 is 5.73 Å². The molecule has 0 saturated heterocycles. The second-order valence-corrected chi connectivity index (χ2v) is 4.57. The van der Waals surface area contributed by atoms with Gasteiger partial charge in [0.2, 0.25) is 0 Å². The maximum absolute atomic E-state index is 11.8. The molecule has 1 fully saturated rings. The third-order valence-corrected chi connectivity index (χ3v) is 3.35. The van der Waals surface area contributed by atoms with Crippen LogP contribution in [0.5, 0.6) is 0 Å². The highest BCUT2D eigenvalue weighted by molar-refractivity contribution is 6.33. The third-order valence-electron chi connectivity index (χ3n) is 3.02. The molecule has 1 saturated carbocycles. The first-order valence-electron chi connectivity index (χ1n) is 5.25. The first-order chi connectivity index (χ1) is 7.16. The lowest BCUT2D eigenvalue weighted by molar-refractivity contribution is 0.0936. The van der Waals surface area contributed by atoms with Gasteiger partial charge < -0.3 is 5.73 Å². The maximum Gasteiger partial charge on any atom is 0.163 e. The Kier molecular flexibility index (Phi) is 2.96. The second-order valence-electron chi connectivity index (χ2n) is 4.16. The molecule has 0 heterocycles. The van der Waals surface area contributed by atoms with E-state index in [2.05, 4.69) is 0 Å². The van der Waals surface area contributed by atoms with Crippen LogP contribution in [0, 0.1) is 5.92 Å². The second kappa shape index (κ2) is 4.23. The molecular weight excluding hydrogens is 210 g/mol. The van der Waals surface area contributed by atoms with Crippen molar-refractivity contribution in [2.45, 2.75) is 25.7 Å². The van der Waals surface area contributed by atoms with E-state index in [0.717, 1.165) is 0 Å². The van der Waals surface area contributed by atoms with E-state index in [0.29, 0.717) is 28.6 Å². The number of carbonyl (C=O) groups excluding carboxylic acids is 1. The van der Waals surface area contributed by atoms with E-state index in [1.54, 1.807) is 18.2 Å². The first-order valence-corrected chi connectivity index (χ1v) is 5.63. The quantitative estimate of drug-likeness (QED) is 0.631. The molecule has 0 amide bonds. The summed E-state index contributed by atoms with van der Waals surface area (Å²) >= 11 is 5.87. The number of Topliss-reactive ketones (excluding diaryl/α,β-unsaturated/α-hetero) is 1. The number of nitrogen functional groups attached to an aromatic ring is 1.